The Kier molecular flexibility index (Phi) is 10.8. The summed E-state index contributed by atoms with van der Waals surface area (Å²) in [5.74, 6) is 0.227. The van der Waals surface area contributed by atoms with E-state index in [1.165, 1.54) is 6.20 Å². The number of ether oxygens (including phenoxy) is 1. The molecule has 1 heterocycles. The van der Waals surface area contributed by atoms with Gasteiger partial charge in [-0.15, -0.1) is 0 Å². The third kappa shape index (κ3) is 8.51. The van der Waals surface area contributed by atoms with E-state index in [4.69, 9.17) is 16.3 Å². The van der Waals surface area contributed by atoms with Crippen LogP contribution in [0.2, 0.25) is 5.02 Å². The Bertz CT molecular complexity index is 967. The Morgan fingerprint density at radius 3 is 2.66 bits per heavy atom. The van der Waals surface area contributed by atoms with E-state index in [0.717, 1.165) is 50.6 Å². The van der Waals surface area contributed by atoms with Crippen LogP contribution in [0.25, 0.3) is 11.1 Å². The molecular weight excluding hydrogens is 466 g/mol. The molecule has 1 aromatic heterocycles. The molecule has 2 amide bonds. The lowest BCUT2D eigenvalue weighted by atomic mass is 9.92. The maximum atomic E-state index is 12.9. The van der Waals surface area contributed by atoms with E-state index in [-0.39, 0.29) is 17.9 Å². The molecule has 0 radical (unpaired) electrons. The molecule has 1 aliphatic rings. The zero-order chi connectivity index (χ0) is 25.0. The highest BCUT2D eigenvalue weighted by Crippen LogP contribution is 2.30. The molecule has 35 heavy (non-hydrogen) atoms. The predicted octanol–water partition coefficient (Wildman–Crippen LogP) is 4.90. The standard InChI is InChI=1S/C27H36ClN3O4/c1-2-3-15-29-25(33)10-6-7-16-35-27-22(19-11-13-21(28)14-12-19)17-20(18-30-27)26(34)31-23-8-4-5-9-24(23)32/h11-14,17-18,23-24,32H,2-10,15-16H2,1H3,(H,29,33)(H,31,34). The van der Waals surface area contributed by atoms with Crippen molar-refractivity contribution in [2.75, 3.05) is 13.2 Å². The molecule has 0 aliphatic heterocycles. The van der Waals surface area contributed by atoms with Crippen LogP contribution in [0.15, 0.2) is 36.5 Å². The van der Waals surface area contributed by atoms with Crippen LogP contribution in [-0.4, -0.2) is 47.2 Å². The molecule has 0 saturated heterocycles. The van der Waals surface area contributed by atoms with Gasteiger partial charge in [0.1, 0.15) is 0 Å². The molecule has 2 unspecified atom stereocenters. The maximum Gasteiger partial charge on any atom is 0.253 e. The summed E-state index contributed by atoms with van der Waals surface area (Å²) in [6, 6.07) is 8.80. The van der Waals surface area contributed by atoms with Gasteiger partial charge in [-0.1, -0.05) is 49.9 Å². The summed E-state index contributed by atoms with van der Waals surface area (Å²) in [5, 5.41) is 16.7. The summed E-state index contributed by atoms with van der Waals surface area (Å²) < 4.78 is 5.96. The van der Waals surface area contributed by atoms with Crippen LogP contribution in [0.1, 0.15) is 75.1 Å². The zero-order valence-corrected chi connectivity index (χ0v) is 21.2. The first-order valence-electron chi connectivity index (χ1n) is 12.6. The van der Waals surface area contributed by atoms with E-state index < -0.39 is 6.10 Å². The lowest BCUT2D eigenvalue weighted by Crippen LogP contribution is -2.45. The first kappa shape index (κ1) is 27.0. The number of carbonyl (C=O) groups excluding carboxylic acids is 2. The first-order valence-corrected chi connectivity index (χ1v) is 13.0. The highest BCUT2D eigenvalue weighted by molar-refractivity contribution is 6.30. The van der Waals surface area contributed by atoms with Gasteiger partial charge in [0.05, 0.1) is 24.3 Å². The molecule has 7 nitrogen and oxygen atoms in total. The van der Waals surface area contributed by atoms with Gasteiger partial charge in [-0.05, 0) is 55.9 Å². The van der Waals surface area contributed by atoms with Crippen molar-refractivity contribution in [3.05, 3.63) is 47.1 Å². The summed E-state index contributed by atoms with van der Waals surface area (Å²) in [7, 11) is 0. The minimum Gasteiger partial charge on any atom is -0.477 e. The van der Waals surface area contributed by atoms with Crippen molar-refractivity contribution in [3.63, 3.8) is 0 Å². The molecule has 1 saturated carbocycles. The van der Waals surface area contributed by atoms with E-state index >= 15 is 0 Å². The molecule has 2 aromatic rings. The fourth-order valence-electron chi connectivity index (χ4n) is 4.11. The van der Waals surface area contributed by atoms with Gasteiger partial charge in [-0.2, -0.15) is 0 Å². The normalized spacial score (nSPS) is 17.6. The van der Waals surface area contributed by atoms with E-state index in [2.05, 4.69) is 22.5 Å². The Morgan fingerprint density at radius 1 is 1.14 bits per heavy atom. The molecule has 0 bridgehead atoms. The smallest absolute Gasteiger partial charge is 0.253 e. The second kappa shape index (κ2) is 14.0. The lowest BCUT2D eigenvalue weighted by Gasteiger charge is -2.28. The molecule has 1 fully saturated rings. The number of hydrogen-bond donors (Lipinski definition) is 3. The predicted molar refractivity (Wildman–Crippen MR) is 138 cm³/mol. The number of aromatic nitrogens is 1. The Hall–Kier alpha value is -2.64. The summed E-state index contributed by atoms with van der Waals surface area (Å²) in [6.45, 7) is 3.23. The molecule has 3 N–H and O–H groups in total. The SMILES string of the molecule is CCCCNC(=O)CCCCOc1ncc(C(=O)NC2CCCCC2O)cc1-c1ccc(Cl)cc1. The molecule has 2 atom stereocenters. The summed E-state index contributed by atoms with van der Waals surface area (Å²) >= 11 is 6.06. The third-order valence-corrected chi connectivity index (χ3v) is 6.46. The lowest BCUT2D eigenvalue weighted by molar-refractivity contribution is -0.121. The highest BCUT2D eigenvalue weighted by atomic mass is 35.5. The van der Waals surface area contributed by atoms with Gasteiger partial charge in [-0.25, -0.2) is 4.98 Å². The van der Waals surface area contributed by atoms with Crippen LogP contribution in [0, 0.1) is 0 Å². The molecule has 3 rings (SSSR count). The molecule has 1 aliphatic carbocycles. The van der Waals surface area contributed by atoms with Crippen molar-refractivity contribution in [3.8, 4) is 17.0 Å². The topological polar surface area (TPSA) is 101 Å². The third-order valence-electron chi connectivity index (χ3n) is 6.20. The van der Waals surface area contributed by atoms with Crippen LogP contribution in [0.3, 0.4) is 0 Å². The number of aliphatic hydroxyl groups is 1. The molecular formula is C27H36ClN3O4. The molecule has 190 valence electrons. The zero-order valence-electron chi connectivity index (χ0n) is 20.4. The van der Waals surface area contributed by atoms with Crippen LogP contribution in [0.5, 0.6) is 5.88 Å². The summed E-state index contributed by atoms with van der Waals surface area (Å²) in [4.78, 5) is 29.2. The number of unbranched alkanes of at least 4 members (excludes halogenated alkanes) is 2. The van der Waals surface area contributed by atoms with Crippen LogP contribution in [-0.2, 0) is 4.79 Å². The van der Waals surface area contributed by atoms with Crippen molar-refractivity contribution in [2.24, 2.45) is 0 Å². The van der Waals surface area contributed by atoms with Gasteiger partial charge in [0.2, 0.25) is 11.8 Å². The van der Waals surface area contributed by atoms with Crippen LogP contribution < -0.4 is 15.4 Å². The Balaban J connectivity index is 1.64. The summed E-state index contributed by atoms with van der Waals surface area (Å²) in [5.41, 5.74) is 1.93. The minimum atomic E-state index is -0.521. The number of amides is 2. The number of nitrogens with one attached hydrogen (secondary N) is 2. The van der Waals surface area contributed by atoms with Crippen molar-refractivity contribution in [2.45, 2.75) is 76.9 Å². The van der Waals surface area contributed by atoms with Crippen molar-refractivity contribution in [1.82, 2.24) is 15.6 Å². The average molecular weight is 502 g/mol. The highest BCUT2D eigenvalue weighted by Gasteiger charge is 2.25. The number of pyridine rings is 1. The fourth-order valence-corrected chi connectivity index (χ4v) is 4.23. The Morgan fingerprint density at radius 2 is 1.91 bits per heavy atom. The van der Waals surface area contributed by atoms with Gasteiger partial charge >= 0.3 is 0 Å². The van der Waals surface area contributed by atoms with E-state index in [0.29, 0.717) is 47.9 Å². The van der Waals surface area contributed by atoms with E-state index in [9.17, 15) is 14.7 Å². The number of benzene rings is 1. The van der Waals surface area contributed by atoms with Crippen molar-refractivity contribution >= 4 is 23.4 Å². The second-order valence-electron chi connectivity index (χ2n) is 9.02. The minimum absolute atomic E-state index is 0.0666. The number of aliphatic hydroxyl groups excluding tert-OH is 1. The monoisotopic (exact) mass is 501 g/mol. The van der Waals surface area contributed by atoms with E-state index in [1.54, 1.807) is 18.2 Å². The van der Waals surface area contributed by atoms with Crippen LogP contribution in [0.4, 0.5) is 0 Å². The molecule has 8 heteroatoms. The number of carbonyl (C=O) groups is 2. The molecule has 0 spiro atoms. The number of rotatable bonds is 12. The first-order chi connectivity index (χ1) is 17.0. The summed E-state index contributed by atoms with van der Waals surface area (Å²) in [6.07, 6.45) is 8.36. The average Bonchev–Trinajstić information content (AvgIpc) is 2.86. The van der Waals surface area contributed by atoms with Gasteiger partial charge in [0.15, 0.2) is 0 Å². The fraction of sp³-hybridized carbons (Fsp3) is 0.519. The van der Waals surface area contributed by atoms with Crippen molar-refractivity contribution in [1.29, 1.82) is 0 Å². The maximum absolute atomic E-state index is 12.9. The van der Waals surface area contributed by atoms with Crippen molar-refractivity contribution < 1.29 is 19.4 Å². The number of hydrogen-bond acceptors (Lipinski definition) is 5. The number of halogens is 1. The largest absolute Gasteiger partial charge is 0.477 e. The van der Waals surface area contributed by atoms with Gasteiger partial charge in [0.25, 0.3) is 5.91 Å². The van der Waals surface area contributed by atoms with Crippen LogP contribution >= 0.6 is 11.6 Å². The Labute approximate surface area is 212 Å². The molecule has 1 aromatic carbocycles. The van der Waals surface area contributed by atoms with Gasteiger partial charge in [-0.3, -0.25) is 9.59 Å². The van der Waals surface area contributed by atoms with Gasteiger partial charge in [0, 0.05) is 29.7 Å². The van der Waals surface area contributed by atoms with E-state index in [1.807, 2.05) is 12.1 Å². The quantitative estimate of drug-likeness (QED) is 0.359. The second-order valence-corrected chi connectivity index (χ2v) is 9.46. The van der Waals surface area contributed by atoms with Gasteiger partial charge < -0.3 is 20.5 Å². The number of nitrogens with zero attached hydrogens (tertiary/aromatic N) is 1.